The SMILES string of the molecule is C[C@H]1CN([C@@H](C)CO)C(=O)c2cc(C3=CCCC3)cnc2O[C@@H]1CN(C)Cc1ccccc1F. The molecule has 2 heterocycles. The lowest BCUT2D eigenvalue weighted by atomic mass is 9.99. The Kier molecular flexibility index (Phi) is 7.63. The van der Waals surface area contributed by atoms with Gasteiger partial charge in [0.1, 0.15) is 17.5 Å². The second kappa shape index (κ2) is 10.7. The number of carbonyl (C=O) groups is 1. The average Bonchev–Trinajstić information content (AvgIpc) is 3.37. The van der Waals surface area contributed by atoms with Gasteiger partial charge in [-0.25, -0.2) is 9.37 Å². The summed E-state index contributed by atoms with van der Waals surface area (Å²) < 4.78 is 20.5. The fraction of sp³-hybridized carbons (Fsp3) is 0.481. The number of hydrogen-bond acceptors (Lipinski definition) is 5. The van der Waals surface area contributed by atoms with Gasteiger partial charge in [0.05, 0.1) is 12.6 Å². The number of nitrogens with zero attached hydrogens (tertiary/aromatic N) is 3. The molecule has 0 unspecified atom stereocenters. The van der Waals surface area contributed by atoms with Gasteiger partial charge in [-0.15, -0.1) is 0 Å². The molecule has 0 saturated carbocycles. The number of fused-ring (bicyclic) bond motifs is 1. The monoisotopic (exact) mass is 467 g/mol. The number of carbonyl (C=O) groups excluding carboxylic acids is 1. The summed E-state index contributed by atoms with van der Waals surface area (Å²) >= 11 is 0. The Morgan fingerprint density at radius 1 is 1.35 bits per heavy atom. The van der Waals surface area contributed by atoms with Crippen LogP contribution in [0.3, 0.4) is 0 Å². The van der Waals surface area contributed by atoms with E-state index in [1.807, 2.05) is 37.9 Å². The first kappa shape index (κ1) is 24.4. The predicted octanol–water partition coefficient (Wildman–Crippen LogP) is 4.14. The van der Waals surface area contributed by atoms with Crippen molar-refractivity contribution >= 4 is 11.5 Å². The number of allylic oxidation sites excluding steroid dienone is 2. The van der Waals surface area contributed by atoms with E-state index >= 15 is 0 Å². The molecule has 0 spiro atoms. The van der Waals surface area contributed by atoms with Crippen LogP contribution in [0.4, 0.5) is 4.39 Å². The molecule has 6 nitrogen and oxygen atoms in total. The smallest absolute Gasteiger partial charge is 0.259 e. The van der Waals surface area contributed by atoms with E-state index in [-0.39, 0.29) is 36.4 Å². The largest absolute Gasteiger partial charge is 0.472 e. The minimum atomic E-state index is -0.327. The maximum Gasteiger partial charge on any atom is 0.259 e. The van der Waals surface area contributed by atoms with Gasteiger partial charge in [-0.3, -0.25) is 9.69 Å². The average molecular weight is 468 g/mol. The van der Waals surface area contributed by atoms with E-state index in [9.17, 15) is 14.3 Å². The molecule has 1 aliphatic heterocycles. The number of ether oxygens (including phenoxy) is 1. The first-order chi connectivity index (χ1) is 16.4. The topological polar surface area (TPSA) is 65.9 Å². The van der Waals surface area contributed by atoms with Crippen LogP contribution in [-0.4, -0.2) is 64.7 Å². The van der Waals surface area contributed by atoms with Gasteiger partial charge in [0.25, 0.3) is 5.91 Å². The molecule has 1 aliphatic carbocycles. The van der Waals surface area contributed by atoms with Crippen LogP contribution >= 0.6 is 0 Å². The first-order valence-corrected chi connectivity index (χ1v) is 12.1. The first-order valence-electron chi connectivity index (χ1n) is 12.1. The van der Waals surface area contributed by atoms with E-state index in [4.69, 9.17) is 4.74 Å². The number of aromatic nitrogens is 1. The number of halogens is 1. The van der Waals surface area contributed by atoms with Crippen molar-refractivity contribution in [3.05, 3.63) is 65.1 Å². The zero-order valence-corrected chi connectivity index (χ0v) is 20.2. The van der Waals surface area contributed by atoms with E-state index in [0.29, 0.717) is 36.6 Å². The van der Waals surface area contributed by atoms with Crippen molar-refractivity contribution in [2.45, 2.75) is 51.8 Å². The minimum absolute atomic E-state index is 0.0202. The molecular formula is C27H34FN3O3. The molecule has 34 heavy (non-hydrogen) atoms. The second-order valence-corrected chi connectivity index (χ2v) is 9.61. The summed E-state index contributed by atoms with van der Waals surface area (Å²) in [5.41, 5.74) is 3.22. The molecule has 182 valence electrons. The van der Waals surface area contributed by atoms with E-state index in [2.05, 4.69) is 11.1 Å². The zero-order valence-electron chi connectivity index (χ0n) is 20.2. The highest BCUT2D eigenvalue weighted by Gasteiger charge is 2.34. The Morgan fingerprint density at radius 2 is 2.15 bits per heavy atom. The van der Waals surface area contributed by atoms with Gasteiger partial charge in [-0.1, -0.05) is 31.2 Å². The van der Waals surface area contributed by atoms with E-state index in [0.717, 1.165) is 24.8 Å². The third kappa shape index (κ3) is 5.31. The molecule has 0 radical (unpaired) electrons. The Balaban J connectivity index is 1.62. The van der Waals surface area contributed by atoms with Crippen LogP contribution in [0.1, 0.15) is 54.6 Å². The molecule has 0 fully saturated rings. The second-order valence-electron chi connectivity index (χ2n) is 9.61. The Bertz CT molecular complexity index is 1060. The summed E-state index contributed by atoms with van der Waals surface area (Å²) in [4.78, 5) is 21.9. The van der Waals surface area contributed by atoms with Crippen molar-refractivity contribution in [3.8, 4) is 5.88 Å². The van der Waals surface area contributed by atoms with Crippen molar-refractivity contribution in [1.29, 1.82) is 0 Å². The van der Waals surface area contributed by atoms with Gasteiger partial charge in [-0.2, -0.15) is 0 Å². The maximum absolute atomic E-state index is 14.2. The van der Waals surface area contributed by atoms with E-state index in [1.165, 1.54) is 11.6 Å². The van der Waals surface area contributed by atoms with Crippen LogP contribution in [0.25, 0.3) is 5.57 Å². The lowest BCUT2D eigenvalue weighted by Crippen LogP contribution is -2.49. The van der Waals surface area contributed by atoms with E-state index in [1.54, 1.807) is 23.2 Å². The highest BCUT2D eigenvalue weighted by molar-refractivity contribution is 5.97. The molecule has 1 aromatic carbocycles. The third-order valence-corrected chi connectivity index (χ3v) is 6.82. The molecule has 3 atom stereocenters. The van der Waals surface area contributed by atoms with Gasteiger partial charge in [0.2, 0.25) is 5.88 Å². The maximum atomic E-state index is 14.2. The molecule has 0 saturated heterocycles. The van der Waals surface area contributed by atoms with Crippen LogP contribution in [-0.2, 0) is 6.54 Å². The van der Waals surface area contributed by atoms with Crippen molar-refractivity contribution in [1.82, 2.24) is 14.8 Å². The van der Waals surface area contributed by atoms with Gasteiger partial charge >= 0.3 is 0 Å². The Labute approximate surface area is 201 Å². The van der Waals surface area contributed by atoms with Crippen LogP contribution in [0, 0.1) is 11.7 Å². The molecule has 1 N–H and O–H groups in total. The molecule has 4 rings (SSSR count). The number of amides is 1. The minimum Gasteiger partial charge on any atom is -0.472 e. The summed E-state index contributed by atoms with van der Waals surface area (Å²) in [5.74, 6) is -0.101. The molecule has 2 aromatic rings. The summed E-state index contributed by atoms with van der Waals surface area (Å²) in [7, 11) is 1.94. The molecule has 1 aromatic heterocycles. The molecule has 7 heteroatoms. The summed E-state index contributed by atoms with van der Waals surface area (Å²) in [6.45, 7) is 5.20. The van der Waals surface area contributed by atoms with E-state index < -0.39 is 0 Å². The number of pyridine rings is 1. The van der Waals surface area contributed by atoms with Crippen LogP contribution < -0.4 is 4.74 Å². The third-order valence-electron chi connectivity index (χ3n) is 6.82. The number of aliphatic hydroxyl groups is 1. The van der Waals surface area contributed by atoms with Gasteiger partial charge in [-0.05, 0) is 56.5 Å². The summed E-state index contributed by atoms with van der Waals surface area (Å²) in [6.07, 6.45) is 6.86. The molecule has 0 bridgehead atoms. The summed E-state index contributed by atoms with van der Waals surface area (Å²) in [5, 5.41) is 9.84. The van der Waals surface area contributed by atoms with Crippen molar-refractivity contribution in [2.24, 2.45) is 5.92 Å². The van der Waals surface area contributed by atoms with Crippen molar-refractivity contribution in [2.75, 3.05) is 26.7 Å². The number of benzene rings is 1. The van der Waals surface area contributed by atoms with Crippen molar-refractivity contribution in [3.63, 3.8) is 0 Å². The fourth-order valence-electron chi connectivity index (χ4n) is 4.72. The quantitative estimate of drug-likeness (QED) is 0.663. The van der Waals surface area contributed by atoms with Crippen LogP contribution in [0.2, 0.25) is 0 Å². The number of aliphatic hydroxyl groups excluding tert-OH is 1. The normalized spacial score (nSPS) is 21.5. The summed E-state index contributed by atoms with van der Waals surface area (Å²) in [6, 6.07) is 8.33. The van der Waals surface area contributed by atoms with Crippen LogP contribution in [0.15, 0.2) is 42.6 Å². The van der Waals surface area contributed by atoms with Crippen LogP contribution in [0.5, 0.6) is 5.88 Å². The highest BCUT2D eigenvalue weighted by Crippen LogP contribution is 2.32. The zero-order chi connectivity index (χ0) is 24.2. The molecule has 1 amide bonds. The Morgan fingerprint density at radius 3 is 2.85 bits per heavy atom. The predicted molar refractivity (Wildman–Crippen MR) is 130 cm³/mol. The highest BCUT2D eigenvalue weighted by atomic mass is 19.1. The van der Waals surface area contributed by atoms with Crippen molar-refractivity contribution < 1.29 is 19.0 Å². The van der Waals surface area contributed by atoms with Gasteiger partial charge in [0.15, 0.2) is 0 Å². The van der Waals surface area contributed by atoms with Gasteiger partial charge in [0, 0.05) is 37.3 Å². The Hall–Kier alpha value is -2.77. The number of rotatable bonds is 7. The molecular weight excluding hydrogens is 433 g/mol. The fourth-order valence-corrected chi connectivity index (χ4v) is 4.72. The molecule has 2 aliphatic rings. The number of hydrogen-bond donors (Lipinski definition) is 1. The standard InChI is InChI=1S/C27H34FN3O3/c1-18-14-31(19(2)17-32)27(33)23-12-22(20-8-4-5-9-20)13-29-26(23)34-25(18)16-30(3)15-21-10-6-7-11-24(21)28/h6-8,10-13,18-19,25,32H,4-5,9,14-17H2,1-3H3/t18-,19-,25+/m0/s1. The number of likely N-dealkylation sites (N-methyl/N-ethyl adjacent to an activating group) is 1. The lowest BCUT2D eigenvalue weighted by Gasteiger charge is -2.37. The van der Waals surface area contributed by atoms with Gasteiger partial charge < -0.3 is 14.7 Å². The lowest BCUT2D eigenvalue weighted by molar-refractivity contribution is 0.0324.